The molecule has 36 heavy (non-hydrogen) atoms. The van der Waals surface area contributed by atoms with Crippen molar-refractivity contribution in [2.75, 3.05) is 23.5 Å². The van der Waals surface area contributed by atoms with Gasteiger partial charge in [0.25, 0.3) is 5.91 Å². The maximum atomic E-state index is 13.3. The van der Waals surface area contributed by atoms with Crippen LogP contribution in [0.4, 0.5) is 10.8 Å². The van der Waals surface area contributed by atoms with Crippen LogP contribution in [-0.2, 0) is 4.79 Å². The lowest BCUT2D eigenvalue weighted by atomic mass is 10.1. The van der Waals surface area contributed by atoms with Crippen molar-refractivity contribution in [2.24, 2.45) is 0 Å². The number of hydrogen-bond acceptors (Lipinski definition) is 8. The average molecular weight is 537 g/mol. The minimum Gasteiger partial charge on any atom is -0.497 e. The zero-order valence-electron chi connectivity index (χ0n) is 19.6. The van der Waals surface area contributed by atoms with Gasteiger partial charge in [0.2, 0.25) is 16.2 Å². The summed E-state index contributed by atoms with van der Waals surface area (Å²) in [5, 5.41) is 6.43. The fourth-order valence-electron chi connectivity index (χ4n) is 3.27. The number of hydrogen-bond donors (Lipinski definition) is 2. The first-order valence-corrected chi connectivity index (χ1v) is 13.7. The number of nitrogens with zero attached hydrogens (tertiary/aromatic N) is 2. The highest BCUT2D eigenvalue weighted by atomic mass is 32.2. The Labute approximate surface area is 222 Å². The van der Waals surface area contributed by atoms with E-state index in [-0.39, 0.29) is 11.8 Å². The summed E-state index contributed by atoms with van der Waals surface area (Å²) >= 11 is 4.09. The van der Waals surface area contributed by atoms with Gasteiger partial charge in [-0.3, -0.25) is 14.9 Å². The van der Waals surface area contributed by atoms with Crippen LogP contribution in [0.3, 0.4) is 0 Å². The third kappa shape index (κ3) is 6.87. The van der Waals surface area contributed by atoms with E-state index in [4.69, 9.17) is 4.74 Å². The molecule has 0 bridgehead atoms. The lowest BCUT2D eigenvalue weighted by molar-refractivity contribution is -0.115. The highest BCUT2D eigenvalue weighted by molar-refractivity contribution is 8.00. The number of methoxy groups -OCH3 is 1. The number of aromatic nitrogens is 2. The van der Waals surface area contributed by atoms with Crippen molar-refractivity contribution in [2.45, 2.75) is 22.2 Å². The van der Waals surface area contributed by atoms with E-state index < -0.39 is 5.25 Å². The maximum absolute atomic E-state index is 13.3. The average Bonchev–Trinajstić information content (AvgIpc) is 3.34. The number of ether oxygens (including phenoxy) is 1. The van der Waals surface area contributed by atoms with Crippen molar-refractivity contribution in [3.05, 3.63) is 90.0 Å². The number of nitrogens with one attached hydrogen (secondary N) is 2. The molecule has 184 valence electrons. The summed E-state index contributed by atoms with van der Waals surface area (Å²) in [5.41, 5.74) is 1.98. The standard InChI is InChI=1S/C26H24N4O3S3/c1-3-34-26-29-25(36-30-26)28-24(32)22(17-9-5-4-6-10-17)35-21-14-8-12-19(16-21)27-23(31)18-11-7-13-20(15-18)33-2/h4-16,22H,3H2,1-2H3,(H,27,31)(H,28,29,30,32). The predicted molar refractivity (Wildman–Crippen MR) is 147 cm³/mol. The zero-order valence-corrected chi connectivity index (χ0v) is 22.1. The predicted octanol–water partition coefficient (Wildman–Crippen LogP) is 6.38. The van der Waals surface area contributed by atoms with Gasteiger partial charge in [0.05, 0.1) is 7.11 Å². The Kier molecular flexibility index (Phi) is 8.99. The topological polar surface area (TPSA) is 93.2 Å². The Morgan fingerprint density at radius 3 is 2.58 bits per heavy atom. The third-order valence-electron chi connectivity index (χ3n) is 4.93. The number of thioether (sulfide) groups is 2. The van der Waals surface area contributed by atoms with E-state index in [1.807, 2.05) is 61.5 Å². The molecule has 0 aliphatic carbocycles. The summed E-state index contributed by atoms with van der Waals surface area (Å²) in [6.45, 7) is 2.03. The molecule has 1 aromatic heterocycles. The quantitative estimate of drug-likeness (QED) is 0.227. The molecular weight excluding hydrogens is 513 g/mol. The number of benzene rings is 3. The molecule has 1 atom stereocenters. The van der Waals surface area contributed by atoms with Crippen molar-refractivity contribution in [3.63, 3.8) is 0 Å². The SMILES string of the molecule is CCSc1nsc(NC(=O)C(Sc2cccc(NC(=O)c3cccc(OC)c3)c2)c2ccccc2)n1. The first kappa shape index (κ1) is 25.7. The van der Waals surface area contributed by atoms with Crippen LogP contribution in [0.25, 0.3) is 0 Å². The van der Waals surface area contributed by atoms with E-state index in [1.54, 1.807) is 31.4 Å². The zero-order chi connectivity index (χ0) is 25.3. The highest BCUT2D eigenvalue weighted by Gasteiger charge is 2.23. The summed E-state index contributed by atoms with van der Waals surface area (Å²) in [6.07, 6.45) is 0. The second-order valence-electron chi connectivity index (χ2n) is 7.43. The van der Waals surface area contributed by atoms with Crippen LogP contribution < -0.4 is 15.4 Å². The van der Waals surface area contributed by atoms with Gasteiger partial charge in [-0.2, -0.15) is 9.36 Å². The van der Waals surface area contributed by atoms with E-state index in [1.165, 1.54) is 35.1 Å². The maximum Gasteiger partial charge on any atom is 0.255 e. The van der Waals surface area contributed by atoms with E-state index >= 15 is 0 Å². The molecule has 3 aromatic carbocycles. The Balaban J connectivity index is 1.51. The summed E-state index contributed by atoms with van der Waals surface area (Å²) in [6, 6.07) is 24.0. The Hall–Kier alpha value is -3.34. The van der Waals surface area contributed by atoms with Gasteiger partial charge < -0.3 is 10.1 Å². The summed E-state index contributed by atoms with van der Waals surface area (Å²) in [4.78, 5) is 31.3. The van der Waals surface area contributed by atoms with Gasteiger partial charge in [0.15, 0.2) is 0 Å². The summed E-state index contributed by atoms with van der Waals surface area (Å²) in [7, 11) is 1.56. The van der Waals surface area contributed by atoms with Crippen LogP contribution in [0.1, 0.15) is 28.1 Å². The fourth-order valence-corrected chi connectivity index (χ4v) is 5.63. The monoisotopic (exact) mass is 536 g/mol. The molecule has 0 aliphatic rings. The van der Waals surface area contributed by atoms with Crippen molar-refractivity contribution in [1.29, 1.82) is 0 Å². The Bertz CT molecular complexity index is 1330. The summed E-state index contributed by atoms with van der Waals surface area (Å²) in [5.74, 6) is 1.03. The molecule has 0 radical (unpaired) electrons. The summed E-state index contributed by atoms with van der Waals surface area (Å²) < 4.78 is 9.48. The van der Waals surface area contributed by atoms with Gasteiger partial charge in [-0.1, -0.05) is 61.2 Å². The van der Waals surface area contributed by atoms with E-state index in [9.17, 15) is 9.59 Å². The minimum atomic E-state index is -0.526. The number of carbonyl (C=O) groups is 2. The molecule has 10 heteroatoms. The van der Waals surface area contributed by atoms with Crippen LogP contribution in [-0.4, -0.2) is 34.0 Å². The van der Waals surface area contributed by atoms with Gasteiger partial charge in [-0.15, -0.1) is 11.8 Å². The number of anilines is 2. The van der Waals surface area contributed by atoms with Gasteiger partial charge in [0, 0.05) is 27.7 Å². The molecule has 0 spiro atoms. The first-order chi connectivity index (χ1) is 17.6. The van der Waals surface area contributed by atoms with Crippen molar-refractivity contribution in [1.82, 2.24) is 9.36 Å². The van der Waals surface area contributed by atoms with Crippen molar-refractivity contribution >= 4 is 57.7 Å². The fraction of sp³-hybridized carbons (Fsp3) is 0.154. The number of carbonyl (C=O) groups excluding carboxylic acids is 2. The van der Waals surface area contributed by atoms with Crippen LogP contribution in [0, 0.1) is 0 Å². The minimum absolute atomic E-state index is 0.193. The molecule has 4 rings (SSSR count). The number of rotatable bonds is 10. The smallest absolute Gasteiger partial charge is 0.255 e. The second kappa shape index (κ2) is 12.6. The number of amides is 2. The molecule has 1 heterocycles. The van der Waals surface area contributed by atoms with Gasteiger partial charge in [0.1, 0.15) is 11.0 Å². The molecule has 1 unspecified atom stereocenters. The largest absolute Gasteiger partial charge is 0.497 e. The normalized spacial score (nSPS) is 11.5. The molecule has 0 aliphatic heterocycles. The third-order valence-corrected chi connectivity index (χ3v) is 7.65. The lowest BCUT2D eigenvalue weighted by Crippen LogP contribution is -2.19. The molecular formula is C26H24N4O3S3. The van der Waals surface area contributed by atoms with E-state index in [0.29, 0.717) is 27.3 Å². The van der Waals surface area contributed by atoms with Crippen LogP contribution in [0.5, 0.6) is 5.75 Å². The molecule has 0 fully saturated rings. The molecule has 2 amide bonds. The molecule has 0 saturated carbocycles. The first-order valence-electron chi connectivity index (χ1n) is 11.1. The molecule has 2 N–H and O–H groups in total. The Morgan fingerprint density at radius 1 is 1.00 bits per heavy atom. The lowest BCUT2D eigenvalue weighted by Gasteiger charge is -2.17. The molecule has 0 saturated heterocycles. The van der Waals surface area contributed by atoms with Gasteiger partial charge >= 0.3 is 0 Å². The van der Waals surface area contributed by atoms with Crippen molar-refractivity contribution < 1.29 is 14.3 Å². The van der Waals surface area contributed by atoms with Crippen LogP contribution >= 0.6 is 35.1 Å². The van der Waals surface area contributed by atoms with E-state index in [2.05, 4.69) is 20.0 Å². The highest BCUT2D eigenvalue weighted by Crippen LogP contribution is 2.37. The van der Waals surface area contributed by atoms with Crippen LogP contribution in [0.2, 0.25) is 0 Å². The molecule has 4 aromatic rings. The van der Waals surface area contributed by atoms with Crippen molar-refractivity contribution in [3.8, 4) is 5.75 Å². The van der Waals surface area contributed by atoms with Gasteiger partial charge in [-0.05, 0) is 47.7 Å². The Morgan fingerprint density at radius 2 is 1.81 bits per heavy atom. The van der Waals surface area contributed by atoms with Gasteiger partial charge in [-0.25, -0.2) is 0 Å². The van der Waals surface area contributed by atoms with E-state index in [0.717, 1.165) is 16.2 Å². The molecule has 7 nitrogen and oxygen atoms in total. The van der Waals surface area contributed by atoms with Crippen LogP contribution in [0.15, 0.2) is 88.9 Å². The second-order valence-corrected chi connectivity index (χ2v) is 10.6.